The Morgan fingerprint density at radius 2 is 1.77 bits per heavy atom. The number of carbonyl (C=O) groups excluding carboxylic acids is 2. The van der Waals surface area contributed by atoms with Crippen molar-refractivity contribution in [3.05, 3.63) is 35.9 Å². The number of hydrogen-bond donors (Lipinski definition) is 0. The molecule has 0 aliphatic carbocycles. The van der Waals surface area contributed by atoms with Gasteiger partial charge in [0.2, 0.25) is 0 Å². The molecule has 4 heteroatoms. The zero-order valence-corrected chi connectivity index (χ0v) is 14.7. The Hall–Kier alpha value is -1.13. The first kappa shape index (κ1) is 18.9. The van der Waals surface area contributed by atoms with Crippen LogP contribution in [0, 0.1) is 5.92 Å². The molecule has 0 saturated heterocycles. The van der Waals surface area contributed by atoms with Gasteiger partial charge in [-0.25, -0.2) is 0 Å². The second-order valence-corrected chi connectivity index (χ2v) is 8.45. The number of carbonyl (C=O) groups is 2. The van der Waals surface area contributed by atoms with Crippen molar-refractivity contribution >= 4 is 22.7 Å². The molecule has 122 valence electrons. The van der Waals surface area contributed by atoms with E-state index in [2.05, 4.69) is 0 Å². The van der Waals surface area contributed by atoms with Gasteiger partial charge in [0.25, 0.3) is 0 Å². The Bertz CT molecular complexity index is 477. The van der Waals surface area contributed by atoms with Crippen molar-refractivity contribution in [3.63, 3.8) is 0 Å². The predicted molar refractivity (Wildman–Crippen MR) is 91.9 cm³/mol. The van der Waals surface area contributed by atoms with Crippen molar-refractivity contribution in [3.8, 4) is 0 Å². The fourth-order valence-corrected chi connectivity index (χ4v) is 3.14. The first-order chi connectivity index (χ1) is 10.3. The molecule has 0 aliphatic rings. The molecule has 0 N–H and O–H groups in total. The van der Waals surface area contributed by atoms with Crippen molar-refractivity contribution in [2.75, 3.05) is 6.61 Å². The van der Waals surface area contributed by atoms with Gasteiger partial charge in [0, 0.05) is 17.6 Å². The summed E-state index contributed by atoms with van der Waals surface area (Å²) in [7, 11) is 0. The minimum Gasteiger partial charge on any atom is -0.376 e. The Labute approximate surface area is 137 Å². The van der Waals surface area contributed by atoms with E-state index in [1.54, 1.807) is 6.92 Å². The summed E-state index contributed by atoms with van der Waals surface area (Å²) in [4.78, 5) is 23.5. The largest absolute Gasteiger partial charge is 0.376 e. The number of benzene rings is 1. The van der Waals surface area contributed by atoms with Gasteiger partial charge in [-0.1, -0.05) is 62.9 Å². The van der Waals surface area contributed by atoms with E-state index in [0.717, 1.165) is 5.56 Å². The maximum absolute atomic E-state index is 12.1. The third-order valence-electron chi connectivity index (χ3n) is 2.92. The molecule has 0 aliphatic heterocycles. The second-order valence-electron chi connectivity index (χ2n) is 6.56. The molecule has 0 unspecified atom stereocenters. The van der Waals surface area contributed by atoms with Crippen LogP contribution < -0.4 is 0 Å². The molecule has 0 amide bonds. The molecule has 1 atom stereocenters. The Morgan fingerprint density at radius 1 is 1.14 bits per heavy atom. The molecule has 1 aromatic carbocycles. The summed E-state index contributed by atoms with van der Waals surface area (Å²) in [6, 6.07) is 9.90. The Kier molecular flexibility index (Phi) is 7.83. The number of thioether (sulfide) groups is 1. The molecule has 1 rings (SSSR count). The average molecular weight is 322 g/mol. The smallest absolute Gasteiger partial charge is 0.189 e. The van der Waals surface area contributed by atoms with Crippen LogP contribution in [0.2, 0.25) is 0 Å². The fraction of sp³-hybridized carbons (Fsp3) is 0.556. The monoisotopic (exact) mass is 322 g/mol. The summed E-state index contributed by atoms with van der Waals surface area (Å²) in [6.07, 6.45) is 0.779. The molecular weight excluding hydrogens is 296 g/mol. The topological polar surface area (TPSA) is 43.4 Å². The van der Waals surface area contributed by atoms with Gasteiger partial charge in [0.1, 0.15) is 5.78 Å². The van der Waals surface area contributed by atoms with Gasteiger partial charge < -0.3 is 9.53 Å². The Morgan fingerprint density at radius 3 is 2.32 bits per heavy atom. The van der Waals surface area contributed by atoms with Gasteiger partial charge in [-0.2, -0.15) is 0 Å². The zero-order chi connectivity index (χ0) is 16.6. The first-order valence-electron chi connectivity index (χ1n) is 7.59. The highest BCUT2D eigenvalue weighted by Gasteiger charge is 2.21. The molecule has 0 bridgehead atoms. The SMILES string of the molecule is CC(=O)C[C@H](COCc1ccccc1)CC(=O)SC(C)(C)C. The lowest BCUT2D eigenvalue weighted by Crippen LogP contribution is -2.19. The van der Waals surface area contributed by atoms with Crippen molar-refractivity contribution in [2.24, 2.45) is 5.92 Å². The summed E-state index contributed by atoms with van der Waals surface area (Å²) in [5.74, 6) is 0.0606. The second kappa shape index (κ2) is 9.11. The standard InChI is InChI=1S/C18H26O3S/c1-14(19)10-16(11-17(20)22-18(2,3)4)13-21-12-15-8-6-5-7-9-15/h5-9,16H,10-13H2,1-4H3/t16-/m0/s1. The van der Waals surface area contributed by atoms with Crippen LogP contribution in [-0.2, 0) is 20.9 Å². The zero-order valence-electron chi connectivity index (χ0n) is 13.9. The highest BCUT2D eigenvalue weighted by molar-refractivity contribution is 8.14. The molecule has 3 nitrogen and oxygen atoms in total. The number of hydrogen-bond acceptors (Lipinski definition) is 4. The van der Waals surface area contributed by atoms with E-state index in [9.17, 15) is 9.59 Å². The highest BCUT2D eigenvalue weighted by Crippen LogP contribution is 2.27. The van der Waals surface area contributed by atoms with Crippen LogP contribution in [0.1, 0.15) is 46.1 Å². The maximum atomic E-state index is 12.1. The van der Waals surface area contributed by atoms with Crippen molar-refractivity contribution in [2.45, 2.75) is 51.9 Å². The summed E-state index contributed by atoms with van der Waals surface area (Å²) < 4.78 is 5.61. The van der Waals surface area contributed by atoms with Gasteiger partial charge in [-0.3, -0.25) is 4.79 Å². The molecule has 0 heterocycles. The van der Waals surface area contributed by atoms with Crippen LogP contribution in [0.25, 0.3) is 0 Å². The van der Waals surface area contributed by atoms with Crippen molar-refractivity contribution < 1.29 is 14.3 Å². The van der Waals surface area contributed by atoms with Gasteiger partial charge in [0.15, 0.2) is 5.12 Å². The molecule has 0 radical (unpaired) electrons. The van der Waals surface area contributed by atoms with Crippen LogP contribution in [0.3, 0.4) is 0 Å². The molecular formula is C18H26O3S. The molecule has 0 saturated carbocycles. The number of ether oxygens (including phenoxy) is 1. The van der Waals surface area contributed by atoms with Gasteiger partial charge in [-0.15, -0.1) is 0 Å². The van der Waals surface area contributed by atoms with E-state index in [4.69, 9.17) is 4.74 Å². The van der Waals surface area contributed by atoms with Gasteiger partial charge in [0.05, 0.1) is 13.2 Å². The van der Waals surface area contributed by atoms with Crippen LogP contribution in [0.5, 0.6) is 0 Å². The molecule has 0 aromatic heterocycles. The van der Waals surface area contributed by atoms with Crippen LogP contribution in [-0.4, -0.2) is 22.3 Å². The van der Waals surface area contributed by atoms with Crippen molar-refractivity contribution in [1.82, 2.24) is 0 Å². The third-order valence-corrected chi connectivity index (χ3v) is 3.92. The molecule has 22 heavy (non-hydrogen) atoms. The number of Topliss-reactive ketones (excluding diaryl/α,β-unsaturated/α-hetero) is 1. The van der Waals surface area contributed by atoms with Crippen molar-refractivity contribution in [1.29, 1.82) is 0 Å². The molecule has 1 aromatic rings. The van der Waals surface area contributed by atoms with Gasteiger partial charge >= 0.3 is 0 Å². The third kappa shape index (κ3) is 9.00. The lowest BCUT2D eigenvalue weighted by molar-refractivity contribution is -0.119. The van der Waals surface area contributed by atoms with Crippen LogP contribution in [0.15, 0.2) is 30.3 Å². The predicted octanol–water partition coefficient (Wildman–Crippen LogP) is 4.25. The van der Waals surface area contributed by atoms with E-state index < -0.39 is 0 Å². The maximum Gasteiger partial charge on any atom is 0.189 e. The summed E-state index contributed by atoms with van der Waals surface area (Å²) >= 11 is 1.34. The van der Waals surface area contributed by atoms with Crippen LogP contribution >= 0.6 is 11.8 Å². The van der Waals surface area contributed by atoms with E-state index in [1.807, 2.05) is 51.1 Å². The summed E-state index contributed by atoms with van der Waals surface area (Å²) in [5.41, 5.74) is 1.10. The lowest BCUT2D eigenvalue weighted by Gasteiger charge is -2.19. The van der Waals surface area contributed by atoms with Crippen LogP contribution in [0.4, 0.5) is 0 Å². The quantitative estimate of drug-likeness (QED) is 0.718. The first-order valence-corrected chi connectivity index (χ1v) is 8.41. The highest BCUT2D eigenvalue weighted by atomic mass is 32.2. The van der Waals surface area contributed by atoms with E-state index >= 15 is 0 Å². The minimum atomic E-state index is -0.0945. The molecule has 0 spiro atoms. The lowest BCUT2D eigenvalue weighted by atomic mass is 10.0. The number of rotatable bonds is 8. The average Bonchev–Trinajstić information content (AvgIpc) is 2.36. The number of ketones is 1. The normalized spacial score (nSPS) is 12.9. The molecule has 0 fully saturated rings. The fourth-order valence-electron chi connectivity index (χ4n) is 2.13. The summed E-state index contributed by atoms with van der Waals surface area (Å²) in [5, 5.41) is 0.127. The van der Waals surface area contributed by atoms with E-state index in [1.165, 1.54) is 11.8 Å². The van der Waals surface area contributed by atoms with Gasteiger partial charge in [-0.05, 0) is 18.4 Å². The van der Waals surface area contributed by atoms with E-state index in [-0.39, 0.29) is 21.6 Å². The van der Waals surface area contributed by atoms with E-state index in [0.29, 0.717) is 26.1 Å². The summed E-state index contributed by atoms with van der Waals surface area (Å²) in [6.45, 7) is 8.55. The Balaban J connectivity index is 2.46. The minimum absolute atomic E-state index is 0.0384.